The number of hydrogen-bond acceptors (Lipinski definition) is 4. The van der Waals surface area contributed by atoms with Crippen molar-refractivity contribution in [1.29, 1.82) is 0 Å². The van der Waals surface area contributed by atoms with Crippen molar-refractivity contribution in [2.24, 2.45) is 0 Å². The predicted molar refractivity (Wildman–Crippen MR) is 107 cm³/mol. The number of benzene rings is 2. The van der Waals surface area contributed by atoms with Gasteiger partial charge in [0.1, 0.15) is 0 Å². The highest BCUT2D eigenvalue weighted by Gasteiger charge is 2.35. The van der Waals surface area contributed by atoms with Crippen LogP contribution in [0.4, 0.5) is 5.69 Å². The van der Waals surface area contributed by atoms with Crippen molar-refractivity contribution in [1.82, 2.24) is 10.2 Å². The molecular formula is C22H19N3O4. The second kappa shape index (κ2) is 8.40. The number of nitrogens with one attached hydrogen (secondary N) is 2. The number of amides is 4. The van der Waals surface area contributed by atoms with Gasteiger partial charge in [-0.15, -0.1) is 6.42 Å². The maximum absolute atomic E-state index is 12.4. The molecule has 0 saturated heterocycles. The summed E-state index contributed by atoms with van der Waals surface area (Å²) >= 11 is 0. The van der Waals surface area contributed by atoms with E-state index in [1.165, 1.54) is 0 Å². The minimum absolute atomic E-state index is 0.0525. The Hall–Kier alpha value is -3.92. The van der Waals surface area contributed by atoms with Gasteiger partial charge in [-0.25, -0.2) is 0 Å². The number of carbonyl (C=O) groups excluding carboxylic acids is 4. The highest BCUT2D eigenvalue weighted by atomic mass is 16.2. The third-order valence-electron chi connectivity index (χ3n) is 4.45. The fraction of sp³-hybridized carbons (Fsp3) is 0.182. The molecular weight excluding hydrogens is 370 g/mol. The molecule has 4 amide bonds. The van der Waals surface area contributed by atoms with E-state index >= 15 is 0 Å². The first-order valence-electron chi connectivity index (χ1n) is 8.99. The molecule has 29 heavy (non-hydrogen) atoms. The third-order valence-corrected chi connectivity index (χ3v) is 4.45. The lowest BCUT2D eigenvalue weighted by Gasteiger charge is -2.13. The lowest BCUT2D eigenvalue weighted by Crippen LogP contribution is -2.37. The van der Waals surface area contributed by atoms with Gasteiger partial charge in [0, 0.05) is 24.2 Å². The number of fused-ring (bicyclic) bond motifs is 1. The van der Waals surface area contributed by atoms with Crippen LogP contribution in [-0.4, -0.2) is 41.6 Å². The van der Waals surface area contributed by atoms with Gasteiger partial charge in [0.15, 0.2) is 0 Å². The Bertz CT molecular complexity index is 1050. The molecule has 7 heteroatoms. The summed E-state index contributed by atoms with van der Waals surface area (Å²) in [5.74, 6) is 0.795. The normalized spacial score (nSPS) is 12.3. The molecule has 0 fully saturated rings. The molecule has 0 aromatic heterocycles. The summed E-state index contributed by atoms with van der Waals surface area (Å²) in [6, 6.07) is 11.8. The van der Waals surface area contributed by atoms with Crippen LogP contribution in [-0.2, 0) is 9.59 Å². The van der Waals surface area contributed by atoms with Gasteiger partial charge in [-0.05, 0) is 37.3 Å². The maximum atomic E-state index is 12.4. The van der Waals surface area contributed by atoms with E-state index in [1.807, 2.05) is 6.92 Å². The summed E-state index contributed by atoms with van der Waals surface area (Å²) in [4.78, 5) is 49.8. The topological polar surface area (TPSA) is 95.6 Å². The molecule has 0 radical (unpaired) electrons. The number of terminal acetylenes is 1. The van der Waals surface area contributed by atoms with Crippen LogP contribution in [0, 0.1) is 19.3 Å². The largest absolute Gasteiger partial charge is 0.347 e. The molecule has 1 aliphatic rings. The number of rotatable bonds is 6. The Morgan fingerprint density at radius 1 is 1.03 bits per heavy atom. The minimum atomic E-state index is -0.440. The van der Waals surface area contributed by atoms with Crippen LogP contribution in [0.1, 0.15) is 38.3 Å². The predicted octanol–water partition coefficient (Wildman–Crippen LogP) is 1.72. The van der Waals surface area contributed by atoms with Crippen LogP contribution in [0.5, 0.6) is 0 Å². The Morgan fingerprint density at radius 2 is 1.79 bits per heavy atom. The van der Waals surface area contributed by atoms with Gasteiger partial charge in [0.25, 0.3) is 11.8 Å². The van der Waals surface area contributed by atoms with E-state index in [-0.39, 0.29) is 19.5 Å². The van der Waals surface area contributed by atoms with Gasteiger partial charge >= 0.3 is 0 Å². The fourth-order valence-corrected chi connectivity index (χ4v) is 2.98. The Labute approximate surface area is 168 Å². The molecule has 2 aromatic carbocycles. The van der Waals surface area contributed by atoms with Crippen molar-refractivity contribution in [2.75, 3.05) is 18.4 Å². The summed E-state index contributed by atoms with van der Waals surface area (Å²) in [6.07, 6.45) is 5.22. The van der Waals surface area contributed by atoms with Crippen LogP contribution in [0.15, 0.2) is 42.5 Å². The van der Waals surface area contributed by atoms with Gasteiger partial charge in [-0.3, -0.25) is 24.1 Å². The number of anilines is 1. The van der Waals surface area contributed by atoms with Crippen LogP contribution >= 0.6 is 0 Å². The molecule has 0 spiro atoms. The fourth-order valence-electron chi connectivity index (χ4n) is 2.98. The van der Waals surface area contributed by atoms with Crippen molar-refractivity contribution < 1.29 is 19.2 Å². The first-order chi connectivity index (χ1) is 13.9. The number of carbonyl (C=O) groups is 4. The monoisotopic (exact) mass is 389 g/mol. The first-order valence-corrected chi connectivity index (χ1v) is 8.99. The number of imide groups is 1. The molecule has 7 nitrogen and oxygen atoms in total. The second-order valence-corrected chi connectivity index (χ2v) is 6.61. The molecule has 1 heterocycles. The van der Waals surface area contributed by atoms with Crippen LogP contribution in [0.25, 0.3) is 0 Å². The average molecular weight is 389 g/mol. The lowest BCUT2D eigenvalue weighted by atomic mass is 10.1. The zero-order valence-electron chi connectivity index (χ0n) is 15.8. The Balaban J connectivity index is 1.48. The van der Waals surface area contributed by atoms with E-state index in [0.717, 1.165) is 10.5 Å². The summed E-state index contributed by atoms with van der Waals surface area (Å²) in [5, 5.41) is 5.11. The first kappa shape index (κ1) is 19.8. The maximum Gasteiger partial charge on any atom is 0.261 e. The van der Waals surface area contributed by atoms with Crippen LogP contribution in [0.2, 0.25) is 0 Å². The van der Waals surface area contributed by atoms with E-state index in [2.05, 4.69) is 16.6 Å². The summed E-state index contributed by atoms with van der Waals surface area (Å²) in [7, 11) is 0. The van der Waals surface area contributed by atoms with Crippen LogP contribution < -0.4 is 10.6 Å². The molecule has 2 aromatic rings. The number of nitrogens with zero attached hydrogens (tertiary/aromatic N) is 1. The van der Waals surface area contributed by atoms with Gasteiger partial charge < -0.3 is 10.6 Å². The summed E-state index contributed by atoms with van der Waals surface area (Å²) < 4.78 is 0. The highest BCUT2D eigenvalue weighted by Crippen LogP contribution is 2.23. The van der Waals surface area contributed by atoms with Gasteiger partial charge in [-0.2, -0.15) is 0 Å². The molecule has 2 N–H and O–H groups in total. The molecule has 1 aliphatic heterocycles. The van der Waals surface area contributed by atoms with Crippen molar-refractivity contribution in [3.63, 3.8) is 0 Å². The van der Waals surface area contributed by atoms with Gasteiger partial charge in [-0.1, -0.05) is 23.6 Å². The van der Waals surface area contributed by atoms with Crippen molar-refractivity contribution in [2.45, 2.75) is 13.3 Å². The lowest BCUT2D eigenvalue weighted by molar-refractivity contribution is -0.124. The zero-order chi connectivity index (χ0) is 21.0. The van der Waals surface area contributed by atoms with E-state index in [4.69, 9.17) is 6.42 Å². The number of hydrogen-bond donors (Lipinski definition) is 2. The van der Waals surface area contributed by atoms with E-state index in [9.17, 15) is 19.2 Å². The molecule has 146 valence electrons. The number of aryl methyl sites for hydroxylation is 1. The molecule has 0 atom stereocenters. The summed E-state index contributed by atoms with van der Waals surface area (Å²) in [6.45, 7) is 1.55. The quantitative estimate of drug-likeness (QED) is 0.581. The van der Waals surface area contributed by atoms with E-state index < -0.39 is 23.6 Å². The van der Waals surface area contributed by atoms with E-state index in [0.29, 0.717) is 22.4 Å². The molecule has 0 bridgehead atoms. The molecule has 0 unspecified atom stereocenters. The smallest absolute Gasteiger partial charge is 0.261 e. The average Bonchev–Trinajstić information content (AvgIpc) is 2.94. The molecule has 0 saturated carbocycles. The highest BCUT2D eigenvalue weighted by molar-refractivity contribution is 6.21. The Kier molecular flexibility index (Phi) is 5.74. The minimum Gasteiger partial charge on any atom is -0.347 e. The summed E-state index contributed by atoms with van der Waals surface area (Å²) in [5.41, 5.74) is 2.73. The standard InChI is InChI=1S/C22H19N3O4/c1-3-15-5-4-6-16(12-15)24-20(27)13-23-19(26)9-10-25-21(28)17-8-7-14(2)11-18(17)22(25)29/h1,4-8,11-12H,9-10,13H2,2H3,(H,23,26)(H,24,27). The van der Waals surface area contributed by atoms with Crippen LogP contribution in [0.3, 0.4) is 0 Å². The third kappa shape index (κ3) is 4.50. The van der Waals surface area contributed by atoms with Gasteiger partial charge in [0.05, 0.1) is 17.7 Å². The second-order valence-electron chi connectivity index (χ2n) is 6.61. The van der Waals surface area contributed by atoms with Gasteiger partial charge in [0.2, 0.25) is 11.8 Å². The van der Waals surface area contributed by atoms with Crippen molar-refractivity contribution in [3.05, 3.63) is 64.7 Å². The van der Waals surface area contributed by atoms with Crippen molar-refractivity contribution in [3.8, 4) is 12.3 Å². The van der Waals surface area contributed by atoms with E-state index in [1.54, 1.807) is 42.5 Å². The zero-order valence-corrected chi connectivity index (χ0v) is 15.8. The van der Waals surface area contributed by atoms with Crippen molar-refractivity contribution >= 4 is 29.3 Å². The molecule has 0 aliphatic carbocycles. The Morgan fingerprint density at radius 3 is 2.55 bits per heavy atom. The SMILES string of the molecule is C#Cc1cccc(NC(=O)CNC(=O)CCN2C(=O)c3ccc(C)cc3C2=O)c1. The molecule has 3 rings (SSSR count).